The summed E-state index contributed by atoms with van der Waals surface area (Å²) in [6.45, 7) is 3.11. The lowest BCUT2D eigenvalue weighted by Gasteiger charge is -2.49. The molecular formula is C22H32N2O. The van der Waals surface area contributed by atoms with Gasteiger partial charge in [-0.15, -0.1) is 0 Å². The molecule has 1 aromatic carbocycles. The van der Waals surface area contributed by atoms with E-state index in [2.05, 4.69) is 47.2 Å². The predicted molar refractivity (Wildman–Crippen MR) is 101 cm³/mol. The van der Waals surface area contributed by atoms with Gasteiger partial charge in [0.15, 0.2) is 0 Å². The number of nitrogens with zero attached hydrogens (tertiary/aromatic N) is 2. The van der Waals surface area contributed by atoms with Crippen LogP contribution in [0.15, 0.2) is 30.3 Å². The van der Waals surface area contributed by atoms with E-state index in [-0.39, 0.29) is 5.92 Å². The molecule has 1 amide bonds. The van der Waals surface area contributed by atoms with Crippen LogP contribution in [0.4, 0.5) is 0 Å². The molecule has 0 bridgehead atoms. The Balaban J connectivity index is 1.51. The zero-order chi connectivity index (χ0) is 17.2. The smallest absolute Gasteiger partial charge is 0.226 e. The third-order valence-electron chi connectivity index (χ3n) is 6.96. The summed E-state index contributed by atoms with van der Waals surface area (Å²) in [6, 6.07) is 11.5. The second-order valence-corrected chi connectivity index (χ2v) is 8.43. The number of likely N-dealkylation sites (tertiary alicyclic amines) is 2. The van der Waals surface area contributed by atoms with Crippen molar-refractivity contribution >= 4 is 5.91 Å². The van der Waals surface area contributed by atoms with Crippen LogP contribution in [0.2, 0.25) is 0 Å². The average Bonchev–Trinajstić information content (AvgIpc) is 2.68. The van der Waals surface area contributed by atoms with Gasteiger partial charge in [0, 0.05) is 18.5 Å². The molecule has 1 saturated carbocycles. The summed E-state index contributed by atoms with van der Waals surface area (Å²) < 4.78 is 0. The Kier molecular flexibility index (Phi) is 5.12. The van der Waals surface area contributed by atoms with Crippen molar-refractivity contribution in [1.82, 2.24) is 9.80 Å². The van der Waals surface area contributed by atoms with Crippen molar-refractivity contribution in [2.45, 2.75) is 56.9 Å². The normalized spacial score (nSPS) is 31.6. The SMILES string of the molecule is CN1CCC(C(=O)N2CC[C@H](c3ccccc3)[C@H]3CCCC[C@H]32)CC1. The van der Waals surface area contributed by atoms with Crippen molar-refractivity contribution in [2.24, 2.45) is 11.8 Å². The van der Waals surface area contributed by atoms with E-state index in [9.17, 15) is 4.79 Å². The molecule has 2 heterocycles. The first-order chi connectivity index (χ1) is 12.2. The van der Waals surface area contributed by atoms with Gasteiger partial charge in [0.2, 0.25) is 5.91 Å². The molecule has 0 unspecified atom stereocenters. The first kappa shape index (κ1) is 17.1. The number of carbonyl (C=O) groups is 1. The lowest BCUT2D eigenvalue weighted by atomic mass is 9.69. The fourth-order valence-electron chi connectivity index (χ4n) is 5.53. The Bertz CT molecular complexity index is 579. The van der Waals surface area contributed by atoms with Gasteiger partial charge in [-0.1, -0.05) is 43.2 Å². The number of hydrogen-bond donors (Lipinski definition) is 0. The number of hydrogen-bond acceptors (Lipinski definition) is 2. The van der Waals surface area contributed by atoms with Crippen molar-refractivity contribution in [3.05, 3.63) is 35.9 Å². The third kappa shape index (κ3) is 3.48. The van der Waals surface area contributed by atoms with Crippen LogP contribution in [0.5, 0.6) is 0 Å². The van der Waals surface area contributed by atoms with Crippen LogP contribution in [-0.4, -0.2) is 48.4 Å². The van der Waals surface area contributed by atoms with Gasteiger partial charge in [0.1, 0.15) is 0 Å². The molecule has 0 N–H and O–H groups in total. The molecule has 1 aliphatic carbocycles. The molecule has 136 valence electrons. The number of fused-ring (bicyclic) bond motifs is 1. The standard InChI is InChI=1S/C22H32N2O/c1-23-14-11-18(12-15-23)22(25)24-16-13-19(17-7-3-2-4-8-17)20-9-5-6-10-21(20)24/h2-4,7-8,18-21H,5-6,9-16H2,1H3/t19-,20-,21-/m1/s1. The maximum Gasteiger partial charge on any atom is 0.226 e. The van der Waals surface area contributed by atoms with Crippen LogP contribution < -0.4 is 0 Å². The fraction of sp³-hybridized carbons (Fsp3) is 0.682. The lowest BCUT2D eigenvalue weighted by Crippen LogP contribution is -2.54. The Morgan fingerprint density at radius 1 is 0.920 bits per heavy atom. The Morgan fingerprint density at radius 3 is 2.40 bits per heavy atom. The largest absolute Gasteiger partial charge is 0.339 e. The van der Waals surface area contributed by atoms with E-state index >= 15 is 0 Å². The molecule has 4 rings (SSSR count). The number of carbonyl (C=O) groups excluding carboxylic acids is 1. The molecule has 25 heavy (non-hydrogen) atoms. The van der Waals surface area contributed by atoms with Gasteiger partial charge >= 0.3 is 0 Å². The van der Waals surface area contributed by atoms with E-state index in [1.165, 1.54) is 31.2 Å². The van der Waals surface area contributed by atoms with E-state index in [1.807, 2.05) is 0 Å². The van der Waals surface area contributed by atoms with E-state index in [0.717, 1.165) is 38.9 Å². The second kappa shape index (κ2) is 7.49. The molecule has 0 aromatic heterocycles. The summed E-state index contributed by atoms with van der Waals surface area (Å²) in [5.41, 5.74) is 1.49. The monoisotopic (exact) mass is 340 g/mol. The van der Waals surface area contributed by atoms with E-state index in [1.54, 1.807) is 0 Å². The van der Waals surface area contributed by atoms with Gasteiger partial charge in [0.05, 0.1) is 0 Å². The average molecular weight is 341 g/mol. The van der Waals surface area contributed by atoms with Gasteiger partial charge in [-0.2, -0.15) is 0 Å². The molecule has 3 fully saturated rings. The van der Waals surface area contributed by atoms with Crippen molar-refractivity contribution in [3.63, 3.8) is 0 Å². The quantitative estimate of drug-likeness (QED) is 0.815. The van der Waals surface area contributed by atoms with Gasteiger partial charge < -0.3 is 9.80 Å². The Hall–Kier alpha value is -1.35. The summed E-state index contributed by atoms with van der Waals surface area (Å²) >= 11 is 0. The highest BCUT2D eigenvalue weighted by Crippen LogP contribution is 2.44. The predicted octanol–water partition coefficient (Wildman–Crippen LogP) is 3.90. The highest BCUT2D eigenvalue weighted by Gasteiger charge is 2.43. The topological polar surface area (TPSA) is 23.6 Å². The van der Waals surface area contributed by atoms with Gasteiger partial charge in [-0.3, -0.25) is 4.79 Å². The summed E-state index contributed by atoms with van der Waals surface area (Å²) in [4.78, 5) is 17.9. The van der Waals surface area contributed by atoms with Crippen molar-refractivity contribution in [1.29, 1.82) is 0 Å². The first-order valence-corrected chi connectivity index (χ1v) is 10.3. The number of rotatable bonds is 2. The second-order valence-electron chi connectivity index (χ2n) is 8.43. The first-order valence-electron chi connectivity index (χ1n) is 10.3. The fourth-order valence-corrected chi connectivity index (χ4v) is 5.53. The Morgan fingerprint density at radius 2 is 1.64 bits per heavy atom. The van der Waals surface area contributed by atoms with Gasteiger partial charge in [-0.25, -0.2) is 0 Å². The van der Waals surface area contributed by atoms with Gasteiger partial charge in [0.25, 0.3) is 0 Å². The Labute approximate surface area is 152 Å². The van der Waals surface area contributed by atoms with Crippen LogP contribution >= 0.6 is 0 Å². The molecule has 3 nitrogen and oxygen atoms in total. The summed E-state index contributed by atoms with van der Waals surface area (Å²) in [6.07, 6.45) is 8.37. The minimum atomic E-state index is 0.270. The molecule has 0 radical (unpaired) electrons. The maximum absolute atomic E-state index is 13.3. The molecule has 2 saturated heterocycles. The van der Waals surface area contributed by atoms with Crippen LogP contribution in [0.1, 0.15) is 56.4 Å². The van der Waals surface area contributed by atoms with Crippen molar-refractivity contribution in [3.8, 4) is 0 Å². The maximum atomic E-state index is 13.3. The minimum absolute atomic E-state index is 0.270. The van der Waals surface area contributed by atoms with E-state index in [0.29, 0.717) is 23.8 Å². The van der Waals surface area contributed by atoms with Crippen LogP contribution in [0.25, 0.3) is 0 Å². The van der Waals surface area contributed by atoms with Crippen LogP contribution in [0.3, 0.4) is 0 Å². The van der Waals surface area contributed by atoms with E-state index < -0.39 is 0 Å². The van der Waals surface area contributed by atoms with Crippen molar-refractivity contribution < 1.29 is 4.79 Å². The van der Waals surface area contributed by atoms with E-state index in [4.69, 9.17) is 0 Å². The molecular weight excluding hydrogens is 308 g/mol. The summed E-state index contributed by atoms with van der Waals surface area (Å²) in [5, 5.41) is 0. The molecule has 1 aromatic rings. The highest BCUT2D eigenvalue weighted by atomic mass is 16.2. The molecule has 0 spiro atoms. The number of piperidine rings is 2. The van der Waals surface area contributed by atoms with Crippen LogP contribution in [0, 0.1) is 11.8 Å². The molecule has 2 aliphatic heterocycles. The van der Waals surface area contributed by atoms with Gasteiger partial charge in [-0.05, 0) is 69.6 Å². The number of benzene rings is 1. The number of amides is 1. The molecule has 3 atom stereocenters. The molecule has 3 heteroatoms. The zero-order valence-electron chi connectivity index (χ0n) is 15.6. The summed E-state index contributed by atoms with van der Waals surface area (Å²) in [5.74, 6) is 2.05. The van der Waals surface area contributed by atoms with Crippen molar-refractivity contribution in [2.75, 3.05) is 26.7 Å². The van der Waals surface area contributed by atoms with Crippen LogP contribution in [-0.2, 0) is 4.79 Å². The minimum Gasteiger partial charge on any atom is -0.339 e. The summed E-state index contributed by atoms with van der Waals surface area (Å²) in [7, 11) is 2.17. The lowest BCUT2D eigenvalue weighted by molar-refractivity contribution is -0.144. The molecule has 3 aliphatic rings. The highest BCUT2D eigenvalue weighted by molar-refractivity contribution is 5.79. The third-order valence-corrected chi connectivity index (χ3v) is 6.96. The zero-order valence-corrected chi connectivity index (χ0v) is 15.6.